The quantitative estimate of drug-likeness (QED) is 0.844. The van der Waals surface area contributed by atoms with Crippen LogP contribution >= 0.6 is 0 Å². The number of nitrogens with one attached hydrogen (secondary N) is 1. The van der Waals surface area contributed by atoms with Crippen LogP contribution in [0, 0.1) is 0 Å². The first-order valence-corrected chi connectivity index (χ1v) is 6.38. The zero-order valence-corrected chi connectivity index (χ0v) is 10.4. The summed E-state index contributed by atoms with van der Waals surface area (Å²) < 4.78 is 5.60. The van der Waals surface area contributed by atoms with E-state index < -0.39 is 0 Å². The normalized spacial score (nSPS) is 19.4. The molecule has 1 aliphatic heterocycles. The van der Waals surface area contributed by atoms with E-state index in [2.05, 4.69) is 10.3 Å². The van der Waals surface area contributed by atoms with Gasteiger partial charge in [-0.05, 0) is 37.8 Å². The Morgan fingerprint density at radius 2 is 2.39 bits per heavy atom. The second-order valence-corrected chi connectivity index (χ2v) is 4.48. The molecule has 2 heterocycles. The van der Waals surface area contributed by atoms with Crippen molar-refractivity contribution in [2.24, 2.45) is 0 Å². The number of hydrogen-bond acceptors (Lipinski definition) is 4. The molecule has 0 saturated carbocycles. The highest BCUT2D eigenvalue weighted by Crippen LogP contribution is 2.14. The van der Waals surface area contributed by atoms with Crippen LogP contribution in [0.25, 0.3) is 0 Å². The molecule has 0 radical (unpaired) electrons. The van der Waals surface area contributed by atoms with Crippen LogP contribution in [-0.4, -0.2) is 30.1 Å². The van der Waals surface area contributed by atoms with Gasteiger partial charge in [0.1, 0.15) is 11.5 Å². The molecule has 1 aromatic heterocycles. The van der Waals surface area contributed by atoms with Gasteiger partial charge >= 0.3 is 0 Å². The van der Waals surface area contributed by atoms with Crippen LogP contribution < -0.4 is 11.1 Å². The summed E-state index contributed by atoms with van der Waals surface area (Å²) in [6.45, 7) is 1.45. The Bertz CT molecular complexity index is 403. The van der Waals surface area contributed by atoms with Gasteiger partial charge in [0.25, 0.3) is 5.91 Å². The van der Waals surface area contributed by atoms with Crippen molar-refractivity contribution < 1.29 is 9.53 Å². The molecule has 1 fully saturated rings. The van der Waals surface area contributed by atoms with E-state index in [1.54, 1.807) is 18.2 Å². The molecule has 1 amide bonds. The van der Waals surface area contributed by atoms with Gasteiger partial charge in [-0.15, -0.1) is 0 Å². The monoisotopic (exact) mass is 249 g/mol. The van der Waals surface area contributed by atoms with Crippen molar-refractivity contribution in [2.45, 2.75) is 31.8 Å². The summed E-state index contributed by atoms with van der Waals surface area (Å²) in [6, 6.07) is 5.04. The average Bonchev–Trinajstić information content (AvgIpc) is 2.40. The fourth-order valence-corrected chi connectivity index (χ4v) is 2.05. The maximum absolute atomic E-state index is 11.8. The molecule has 0 spiro atoms. The number of anilines is 1. The van der Waals surface area contributed by atoms with Gasteiger partial charge in [-0.25, -0.2) is 4.98 Å². The van der Waals surface area contributed by atoms with Crippen molar-refractivity contribution >= 4 is 11.7 Å². The van der Waals surface area contributed by atoms with E-state index in [1.807, 2.05) is 0 Å². The lowest BCUT2D eigenvalue weighted by Gasteiger charge is -2.22. The fourth-order valence-electron chi connectivity index (χ4n) is 2.05. The van der Waals surface area contributed by atoms with Crippen molar-refractivity contribution in [2.75, 3.05) is 18.9 Å². The lowest BCUT2D eigenvalue weighted by atomic mass is 10.1. The molecule has 0 aliphatic carbocycles. The van der Waals surface area contributed by atoms with Crippen molar-refractivity contribution in [1.29, 1.82) is 0 Å². The lowest BCUT2D eigenvalue weighted by Crippen LogP contribution is -2.30. The zero-order chi connectivity index (χ0) is 12.8. The molecule has 1 unspecified atom stereocenters. The molecule has 2 rings (SSSR count). The number of amides is 1. The number of carbonyl (C=O) groups excluding carboxylic acids is 1. The number of hydrogen-bond donors (Lipinski definition) is 2. The first-order valence-electron chi connectivity index (χ1n) is 6.38. The highest BCUT2D eigenvalue weighted by atomic mass is 16.5. The summed E-state index contributed by atoms with van der Waals surface area (Å²) >= 11 is 0. The Balaban J connectivity index is 1.74. The van der Waals surface area contributed by atoms with Crippen LogP contribution in [0.15, 0.2) is 18.2 Å². The first kappa shape index (κ1) is 12.8. The minimum atomic E-state index is -0.182. The van der Waals surface area contributed by atoms with Crippen molar-refractivity contribution in [1.82, 2.24) is 10.3 Å². The molecule has 0 bridgehead atoms. The van der Waals surface area contributed by atoms with E-state index in [9.17, 15) is 4.79 Å². The first-order chi connectivity index (χ1) is 8.75. The van der Waals surface area contributed by atoms with Gasteiger partial charge in [-0.2, -0.15) is 0 Å². The van der Waals surface area contributed by atoms with Crippen LogP contribution in [-0.2, 0) is 4.74 Å². The molecule has 3 N–H and O–H groups in total. The number of aromatic nitrogens is 1. The van der Waals surface area contributed by atoms with E-state index in [1.165, 1.54) is 6.42 Å². The second-order valence-electron chi connectivity index (χ2n) is 4.48. The number of rotatable bonds is 4. The number of nitrogen functional groups attached to an aromatic ring is 1. The predicted octanol–water partition coefficient (Wildman–Crippen LogP) is 1.35. The van der Waals surface area contributed by atoms with Gasteiger partial charge in [0.05, 0.1) is 6.10 Å². The molecule has 1 atom stereocenters. The number of carbonyl (C=O) groups is 1. The van der Waals surface area contributed by atoms with Crippen LogP contribution in [0.2, 0.25) is 0 Å². The topological polar surface area (TPSA) is 77.2 Å². The standard InChI is InChI=1S/C13H19N3O2/c14-12-6-3-5-11(16-12)13(17)15-8-7-10-4-1-2-9-18-10/h3,5-6,10H,1-2,4,7-9H2,(H2,14,16)(H,15,17). The summed E-state index contributed by atoms with van der Waals surface area (Å²) in [5, 5.41) is 2.84. The molecule has 1 aromatic rings. The second kappa shape index (κ2) is 6.35. The molecule has 1 aliphatic rings. The summed E-state index contributed by atoms with van der Waals surface area (Å²) in [6.07, 6.45) is 4.60. The lowest BCUT2D eigenvalue weighted by molar-refractivity contribution is 0.0117. The minimum absolute atomic E-state index is 0.182. The number of nitrogens with zero attached hydrogens (tertiary/aromatic N) is 1. The fraction of sp³-hybridized carbons (Fsp3) is 0.538. The van der Waals surface area contributed by atoms with Crippen molar-refractivity contribution in [3.8, 4) is 0 Å². The molecular weight excluding hydrogens is 230 g/mol. The third-order valence-electron chi connectivity index (χ3n) is 3.03. The number of nitrogens with two attached hydrogens (primary N) is 1. The van der Waals surface area contributed by atoms with Crippen LogP contribution in [0.3, 0.4) is 0 Å². The molecule has 1 saturated heterocycles. The minimum Gasteiger partial charge on any atom is -0.384 e. The van der Waals surface area contributed by atoms with Crippen LogP contribution in [0.4, 0.5) is 5.82 Å². The van der Waals surface area contributed by atoms with Gasteiger partial charge in [0.15, 0.2) is 0 Å². The zero-order valence-electron chi connectivity index (χ0n) is 10.4. The summed E-state index contributed by atoms with van der Waals surface area (Å²) in [5.74, 6) is 0.177. The molecule has 98 valence electrons. The number of pyridine rings is 1. The summed E-state index contributed by atoms with van der Waals surface area (Å²) in [4.78, 5) is 15.7. The Kier molecular flexibility index (Phi) is 4.52. The molecule has 0 aromatic carbocycles. The number of ether oxygens (including phenoxy) is 1. The molecule has 5 heteroatoms. The summed E-state index contributed by atoms with van der Waals surface area (Å²) in [5.41, 5.74) is 5.89. The van der Waals surface area contributed by atoms with E-state index in [0.29, 0.717) is 18.1 Å². The smallest absolute Gasteiger partial charge is 0.269 e. The maximum atomic E-state index is 11.8. The Labute approximate surface area is 107 Å². The summed E-state index contributed by atoms with van der Waals surface area (Å²) in [7, 11) is 0. The Morgan fingerprint density at radius 1 is 1.50 bits per heavy atom. The largest absolute Gasteiger partial charge is 0.384 e. The van der Waals surface area contributed by atoms with Gasteiger partial charge < -0.3 is 15.8 Å². The maximum Gasteiger partial charge on any atom is 0.269 e. The Hall–Kier alpha value is -1.62. The van der Waals surface area contributed by atoms with Crippen molar-refractivity contribution in [3.05, 3.63) is 23.9 Å². The molecule has 18 heavy (non-hydrogen) atoms. The average molecular weight is 249 g/mol. The third kappa shape index (κ3) is 3.70. The Morgan fingerprint density at radius 3 is 3.11 bits per heavy atom. The van der Waals surface area contributed by atoms with Gasteiger partial charge in [0, 0.05) is 13.2 Å². The van der Waals surface area contributed by atoms with E-state index in [-0.39, 0.29) is 12.0 Å². The van der Waals surface area contributed by atoms with E-state index >= 15 is 0 Å². The van der Waals surface area contributed by atoms with E-state index in [4.69, 9.17) is 10.5 Å². The molecule has 5 nitrogen and oxygen atoms in total. The highest BCUT2D eigenvalue weighted by molar-refractivity contribution is 5.92. The van der Waals surface area contributed by atoms with Gasteiger partial charge in [-0.3, -0.25) is 4.79 Å². The van der Waals surface area contributed by atoms with Gasteiger partial charge in [0.2, 0.25) is 0 Å². The highest BCUT2D eigenvalue weighted by Gasteiger charge is 2.14. The van der Waals surface area contributed by atoms with Crippen molar-refractivity contribution in [3.63, 3.8) is 0 Å². The van der Waals surface area contributed by atoms with Crippen LogP contribution in [0.1, 0.15) is 36.2 Å². The van der Waals surface area contributed by atoms with Gasteiger partial charge in [-0.1, -0.05) is 6.07 Å². The third-order valence-corrected chi connectivity index (χ3v) is 3.03. The predicted molar refractivity (Wildman–Crippen MR) is 69.2 cm³/mol. The SMILES string of the molecule is Nc1cccc(C(=O)NCCC2CCCCO2)n1. The molecular formula is C13H19N3O2. The van der Waals surface area contributed by atoms with E-state index in [0.717, 1.165) is 25.9 Å². The van der Waals surface area contributed by atoms with Crippen LogP contribution in [0.5, 0.6) is 0 Å².